The molecule has 1 aromatic heterocycles. The summed E-state index contributed by atoms with van der Waals surface area (Å²) in [5.41, 5.74) is 8.00. The van der Waals surface area contributed by atoms with Crippen molar-refractivity contribution in [2.75, 3.05) is 52.7 Å². The lowest BCUT2D eigenvalue weighted by Gasteiger charge is -2.19. The van der Waals surface area contributed by atoms with Crippen molar-refractivity contribution in [3.63, 3.8) is 0 Å². The van der Waals surface area contributed by atoms with Crippen LogP contribution in [0.4, 0.5) is 11.8 Å². The van der Waals surface area contributed by atoms with Crippen LogP contribution in [0.2, 0.25) is 0 Å². The number of nitrogen functional groups attached to an aromatic ring is 1. The van der Waals surface area contributed by atoms with Crippen LogP contribution in [0.5, 0.6) is 23.0 Å². The molecule has 8 nitrogen and oxygen atoms in total. The maximum Gasteiger partial charge on any atom is 0.227 e. The number of nitrogens with zero attached hydrogens (tertiary/aromatic N) is 3. The van der Waals surface area contributed by atoms with Crippen molar-refractivity contribution in [1.29, 1.82) is 0 Å². The van der Waals surface area contributed by atoms with Crippen LogP contribution in [0.1, 0.15) is 5.56 Å². The van der Waals surface area contributed by atoms with Crippen LogP contribution in [-0.4, -0.2) is 52.0 Å². The molecule has 0 saturated heterocycles. The third kappa shape index (κ3) is 4.21. The highest BCUT2D eigenvalue weighted by molar-refractivity contribution is 5.91. The Labute approximate surface area is 170 Å². The largest absolute Gasteiger partial charge is 0.493 e. The third-order valence-corrected chi connectivity index (χ3v) is 4.74. The summed E-state index contributed by atoms with van der Waals surface area (Å²) in [4.78, 5) is 11.1. The van der Waals surface area contributed by atoms with E-state index in [2.05, 4.69) is 9.97 Å². The Morgan fingerprint density at radius 3 is 2.10 bits per heavy atom. The molecule has 0 aliphatic heterocycles. The number of fused-ring (bicyclic) bond motifs is 1. The molecule has 0 aliphatic carbocycles. The van der Waals surface area contributed by atoms with Gasteiger partial charge in [-0.3, -0.25) is 0 Å². The molecule has 0 atom stereocenters. The number of nitrogens with two attached hydrogens (primary N) is 1. The van der Waals surface area contributed by atoms with Gasteiger partial charge in [-0.05, 0) is 30.2 Å². The second-order valence-electron chi connectivity index (χ2n) is 6.49. The van der Waals surface area contributed by atoms with Gasteiger partial charge in [-0.15, -0.1) is 0 Å². The van der Waals surface area contributed by atoms with Gasteiger partial charge in [-0.25, -0.2) is 4.98 Å². The minimum Gasteiger partial charge on any atom is -0.493 e. The first kappa shape index (κ1) is 20.3. The average Bonchev–Trinajstić information content (AvgIpc) is 2.76. The van der Waals surface area contributed by atoms with Crippen molar-refractivity contribution in [3.8, 4) is 23.0 Å². The highest BCUT2D eigenvalue weighted by Crippen LogP contribution is 2.34. The van der Waals surface area contributed by atoms with E-state index in [9.17, 15) is 0 Å². The Morgan fingerprint density at radius 2 is 1.45 bits per heavy atom. The van der Waals surface area contributed by atoms with Gasteiger partial charge in [-0.2, -0.15) is 4.98 Å². The number of methoxy groups -OCH3 is 4. The molecule has 0 bridgehead atoms. The number of ether oxygens (including phenoxy) is 4. The molecule has 0 saturated carbocycles. The molecule has 0 unspecified atom stereocenters. The zero-order valence-corrected chi connectivity index (χ0v) is 17.4. The molecule has 0 radical (unpaired) electrons. The van der Waals surface area contributed by atoms with Gasteiger partial charge in [0.05, 0.1) is 34.0 Å². The van der Waals surface area contributed by atoms with Crippen LogP contribution < -0.4 is 29.6 Å². The number of benzene rings is 2. The Morgan fingerprint density at radius 1 is 0.828 bits per heavy atom. The van der Waals surface area contributed by atoms with Crippen molar-refractivity contribution in [1.82, 2.24) is 9.97 Å². The first-order chi connectivity index (χ1) is 14.0. The fourth-order valence-electron chi connectivity index (χ4n) is 3.07. The normalized spacial score (nSPS) is 10.7. The molecule has 0 aliphatic rings. The maximum absolute atomic E-state index is 6.18. The van der Waals surface area contributed by atoms with E-state index in [4.69, 9.17) is 24.7 Å². The number of anilines is 2. The van der Waals surface area contributed by atoms with Crippen molar-refractivity contribution < 1.29 is 18.9 Å². The van der Waals surface area contributed by atoms with E-state index in [-0.39, 0.29) is 0 Å². The minimum absolute atomic E-state index is 0.393. The summed E-state index contributed by atoms with van der Waals surface area (Å²) in [7, 11) is 8.35. The van der Waals surface area contributed by atoms with E-state index in [1.165, 1.54) is 0 Å². The number of aromatic nitrogens is 2. The van der Waals surface area contributed by atoms with Gasteiger partial charge in [0.15, 0.2) is 23.0 Å². The molecule has 2 N–H and O–H groups in total. The molecule has 0 spiro atoms. The molecule has 3 aromatic rings. The molecule has 2 aromatic carbocycles. The fourth-order valence-corrected chi connectivity index (χ4v) is 3.07. The van der Waals surface area contributed by atoms with E-state index in [1.807, 2.05) is 30.1 Å². The Kier molecular flexibility index (Phi) is 6.11. The highest BCUT2D eigenvalue weighted by atomic mass is 16.5. The Bertz CT molecular complexity index is 1010. The van der Waals surface area contributed by atoms with E-state index in [0.717, 1.165) is 17.4 Å². The number of rotatable bonds is 8. The number of hydrogen-bond donors (Lipinski definition) is 1. The average molecular weight is 398 g/mol. The molecule has 3 rings (SSSR count). The Balaban J connectivity index is 1.82. The zero-order valence-electron chi connectivity index (χ0n) is 17.4. The minimum atomic E-state index is 0.393. The predicted octanol–water partition coefficient (Wildman–Crippen LogP) is 2.93. The van der Waals surface area contributed by atoms with Crippen LogP contribution in [0.15, 0.2) is 30.3 Å². The maximum atomic E-state index is 6.18. The van der Waals surface area contributed by atoms with Crippen LogP contribution in [0.25, 0.3) is 10.9 Å². The summed E-state index contributed by atoms with van der Waals surface area (Å²) in [5, 5.41) is 0.722. The quantitative estimate of drug-likeness (QED) is 0.619. The molecule has 154 valence electrons. The van der Waals surface area contributed by atoms with Gasteiger partial charge in [0.2, 0.25) is 5.95 Å². The highest BCUT2D eigenvalue weighted by Gasteiger charge is 2.14. The lowest BCUT2D eigenvalue weighted by molar-refractivity contribution is 0.354. The predicted molar refractivity (Wildman–Crippen MR) is 114 cm³/mol. The monoisotopic (exact) mass is 398 g/mol. The molecular formula is C21H26N4O4. The molecule has 1 heterocycles. The van der Waals surface area contributed by atoms with Gasteiger partial charge in [0, 0.05) is 25.0 Å². The van der Waals surface area contributed by atoms with E-state index in [0.29, 0.717) is 46.8 Å². The van der Waals surface area contributed by atoms with Crippen molar-refractivity contribution in [3.05, 3.63) is 35.9 Å². The van der Waals surface area contributed by atoms with Crippen LogP contribution in [0.3, 0.4) is 0 Å². The summed E-state index contributed by atoms with van der Waals surface area (Å²) in [6, 6.07) is 9.48. The van der Waals surface area contributed by atoms with Crippen LogP contribution >= 0.6 is 0 Å². The summed E-state index contributed by atoms with van der Waals surface area (Å²) in [5.74, 6) is 3.54. The van der Waals surface area contributed by atoms with Gasteiger partial charge in [-0.1, -0.05) is 6.07 Å². The van der Waals surface area contributed by atoms with Gasteiger partial charge in [0.25, 0.3) is 0 Å². The summed E-state index contributed by atoms with van der Waals surface area (Å²) < 4.78 is 21.4. The van der Waals surface area contributed by atoms with E-state index < -0.39 is 0 Å². The fraction of sp³-hybridized carbons (Fsp3) is 0.333. The van der Waals surface area contributed by atoms with Gasteiger partial charge in [0.1, 0.15) is 5.82 Å². The molecular weight excluding hydrogens is 372 g/mol. The van der Waals surface area contributed by atoms with Crippen LogP contribution in [-0.2, 0) is 6.42 Å². The van der Waals surface area contributed by atoms with E-state index >= 15 is 0 Å². The van der Waals surface area contributed by atoms with Crippen molar-refractivity contribution in [2.24, 2.45) is 0 Å². The first-order valence-electron chi connectivity index (χ1n) is 9.12. The third-order valence-electron chi connectivity index (χ3n) is 4.74. The topological polar surface area (TPSA) is 92.0 Å². The first-order valence-corrected chi connectivity index (χ1v) is 9.12. The van der Waals surface area contributed by atoms with Gasteiger partial charge < -0.3 is 29.6 Å². The lowest BCUT2D eigenvalue weighted by Crippen LogP contribution is -2.23. The smallest absolute Gasteiger partial charge is 0.227 e. The zero-order chi connectivity index (χ0) is 21.0. The molecule has 0 amide bonds. The molecule has 0 fully saturated rings. The standard InChI is InChI=1S/C21H26N4O4/c1-25(9-8-13-6-7-16(26-2)17(10-13)27-3)21-23-15-12-19(29-5)18(28-4)11-14(15)20(22)24-21/h6-7,10-12H,8-9H2,1-5H3,(H2,22,23,24). The Hall–Kier alpha value is -3.42. The molecule has 29 heavy (non-hydrogen) atoms. The van der Waals surface area contributed by atoms with Gasteiger partial charge >= 0.3 is 0 Å². The van der Waals surface area contributed by atoms with E-state index in [1.54, 1.807) is 40.6 Å². The number of hydrogen-bond acceptors (Lipinski definition) is 8. The second-order valence-corrected chi connectivity index (χ2v) is 6.49. The number of likely N-dealkylation sites (N-methyl/N-ethyl adjacent to an activating group) is 1. The summed E-state index contributed by atoms with van der Waals surface area (Å²) >= 11 is 0. The second kappa shape index (κ2) is 8.72. The van der Waals surface area contributed by atoms with Crippen molar-refractivity contribution >= 4 is 22.7 Å². The van der Waals surface area contributed by atoms with Crippen molar-refractivity contribution in [2.45, 2.75) is 6.42 Å². The lowest BCUT2D eigenvalue weighted by atomic mass is 10.1. The summed E-state index contributed by atoms with van der Waals surface area (Å²) in [6.45, 7) is 0.702. The molecule has 8 heteroatoms. The SMILES string of the molecule is COc1ccc(CCN(C)c2nc(N)c3cc(OC)c(OC)cc3n2)cc1OC. The summed E-state index contributed by atoms with van der Waals surface area (Å²) in [6.07, 6.45) is 0.782. The van der Waals surface area contributed by atoms with Crippen LogP contribution in [0, 0.1) is 0 Å².